The van der Waals surface area contributed by atoms with Crippen LogP contribution in [0, 0.1) is 0 Å². The average molecular weight is 260 g/mol. The second kappa shape index (κ2) is 5.30. The van der Waals surface area contributed by atoms with Crippen LogP contribution < -0.4 is 5.32 Å². The maximum Gasteiger partial charge on any atom is 0.338 e. The van der Waals surface area contributed by atoms with Crippen LogP contribution in [0.4, 0.5) is 5.82 Å². The zero-order valence-electron chi connectivity index (χ0n) is 10.1. The summed E-state index contributed by atoms with van der Waals surface area (Å²) < 4.78 is 1.29. The summed E-state index contributed by atoms with van der Waals surface area (Å²) in [5.41, 5.74) is 0.0393. The summed E-state index contributed by atoms with van der Waals surface area (Å²) in [6.07, 6.45) is 4.08. The number of rotatable bonds is 4. The fourth-order valence-corrected chi connectivity index (χ4v) is 1.45. The van der Waals surface area contributed by atoms with E-state index in [4.69, 9.17) is 5.11 Å². The molecule has 1 amide bonds. The third-order valence-electron chi connectivity index (χ3n) is 2.54. The molecule has 2 rings (SSSR count). The number of nitrogens with zero attached hydrogens (tertiary/aromatic N) is 3. The van der Waals surface area contributed by atoms with Gasteiger partial charge in [-0.15, -0.1) is 0 Å². The molecular weight excluding hydrogens is 248 g/mol. The fourth-order valence-electron chi connectivity index (χ4n) is 1.45. The van der Waals surface area contributed by atoms with Crippen LogP contribution in [0.15, 0.2) is 36.8 Å². The van der Waals surface area contributed by atoms with E-state index in [0.717, 1.165) is 0 Å². The molecule has 0 bridgehead atoms. The molecular formula is C12H12N4O3. The number of aromatic carboxylic acids is 1. The highest BCUT2D eigenvalue weighted by Gasteiger charge is 2.17. The highest BCUT2D eigenvalue weighted by atomic mass is 16.4. The number of pyridine rings is 1. The lowest BCUT2D eigenvalue weighted by atomic mass is 10.3. The second-order valence-corrected chi connectivity index (χ2v) is 3.89. The first-order valence-electron chi connectivity index (χ1n) is 5.57. The molecule has 7 heteroatoms. The van der Waals surface area contributed by atoms with Crippen molar-refractivity contribution in [3.05, 3.63) is 42.4 Å². The van der Waals surface area contributed by atoms with E-state index in [1.165, 1.54) is 17.1 Å². The van der Waals surface area contributed by atoms with Crippen molar-refractivity contribution in [3.8, 4) is 0 Å². The van der Waals surface area contributed by atoms with Gasteiger partial charge in [0.1, 0.15) is 11.9 Å². The number of carbonyl (C=O) groups is 2. The van der Waals surface area contributed by atoms with Gasteiger partial charge in [0, 0.05) is 12.4 Å². The van der Waals surface area contributed by atoms with Crippen molar-refractivity contribution in [2.45, 2.75) is 13.0 Å². The smallest absolute Gasteiger partial charge is 0.338 e. The summed E-state index contributed by atoms with van der Waals surface area (Å²) in [6, 6.07) is 4.53. The molecule has 0 saturated carbocycles. The molecule has 2 heterocycles. The van der Waals surface area contributed by atoms with Crippen LogP contribution in [0.1, 0.15) is 23.3 Å². The Morgan fingerprint density at radius 1 is 1.42 bits per heavy atom. The third-order valence-corrected chi connectivity index (χ3v) is 2.54. The summed E-state index contributed by atoms with van der Waals surface area (Å²) >= 11 is 0. The maximum absolute atomic E-state index is 11.9. The first-order chi connectivity index (χ1) is 9.08. The van der Waals surface area contributed by atoms with Gasteiger partial charge in [-0.2, -0.15) is 5.10 Å². The van der Waals surface area contributed by atoms with Gasteiger partial charge in [-0.25, -0.2) is 9.78 Å². The van der Waals surface area contributed by atoms with Gasteiger partial charge in [-0.1, -0.05) is 6.07 Å². The van der Waals surface area contributed by atoms with Crippen molar-refractivity contribution >= 4 is 17.7 Å². The van der Waals surface area contributed by atoms with Crippen molar-refractivity contribution < 1.29 is 14.7 Å². The van der Waals surface area contributed by atoms with Gasteiger partial charge in [0.15, 0.2) is 0 Å². The van der Waals surface area contributed by atoms with E-state index in [1.807, 2.05) is 0 Å². The first kappa shape index (κ1) is 12.7. The van der Waals surface area contributed by atoms with E-state index in [-0.39, 0.29) is 11.5 Å². The Balaban J connectivity index is 2.08. The van der Waals surface area contributed by atoms with Crippen molar-refractivity contribution in [2.75, 3.05) is 5.32 Å². The Bertz CT molecular complexity index is 594. The number of carboxylic acid groups (broad SMARTS) is 1. The molecule has 2 aromatic heterocycles. The predicted molar refractivity (Wildman–Crippen MR) is 66.8 cm³/mol. The lowest BCUT2D eigenvalue weighted by Gasteiger charge is -2.11. The standard InChI is InChI=1S/C12H12N4O3/c1-8(16-7-9(6-14-16)12(18)19)11(17)15-10-4-2-3-5-13-10/h2-8H,1H3,(H,18,19)(H,13,15,17). The number of hydrogen-bond acceptors (Lipinski definition) is 4. The number of hydrogen-bond donors (Lipinski definition) is 2. The summed E-state index contributed by atoms with van der Waals surface area (Å²) in [5, 5.41) is 15.3. The minimum atomic E-state index is -1.08. The third kappa shape index (κ3) is 2.95. The SMILES string of the molecule is CC(C(=O)Nc1ccccn1)n1cc(C(=O)O)cn1. The zero-order chi connectivity index (χ0) is 13.8. The Kier molecular flexibility index (Phi) is 3.56. The lowest BCUT2D eigenvalue weighted by molar-refractivity contribution is -0.119. The molecule has 0 aliphatic rings. The van der Waals surface area contributed by atoms with Gasteiger partial charge in [-0.05, 0) is 19.1 Å². The van der Waals surface area contributed by atoms with Gasteiger partial charge < -0.3 is 10.4 Å². The second-order valence-electron chi connectivity index (χ2n) is 3.89. The fraction of sp³-hybridized carbons (Fsp3) is 0.167. The quantitative estimate of drug-likeness (QED) is 0.860. The molecule has 7 nitrogen and oxygen atoms in total. The highest BCUT2D eigenvalue weighted by molar-refractivity contribution is 5.92. The van der Waals surface area contributed by atoms with Gasteiger partial charge in [0.2, 0.25) is 5.91 Å². The van der Waals surface area contributed by atoms with Crippen LogP contribution in [-0.4, -0.2) is 31.7 Å². The Labute approximate surface area is 108 Å². The van der Waals surface area contributed by atoms with Crippen LogP contribution in [0.3, 0.4) is 0 Å². The van der Waals surface area contributed by atoms with Crippen molar-refractivity contribution in [1.29, 1.82) is 0 Å². The summed E-state index contributed by atoms with van der Waals surface area (Å²) in [5.74, 6) is -0.965. The number of anilines is 1. The highest BCUT2D eigenvalue weighted by Crippen LogP contribution is 2.10. The van der Waals surface area contributed by atoms with E-state index < -0.39 is 12.0 Å². The van der Waals surface area contributed by atoms with Gasteiger partial charge in [-0.3, -0.25) is 9.48 Å². The maximum atomic E-state index is 11.9. The summed E-state index contributed by atoms with van der Waals surface area (Å²) in [6.45, 7) is 1.62. The Hall–Kier alpha value is -2.70. The Morgan fingerprint density at radius 2 is 2.21 bits per heavy atom. The van der Waals surface area contributed by atoms with E-state index in [0.29, 0.717) is 5.82 Å². The molecule has 19 heavy (non-hydrogen) atoms. The Morgan fingerprint density at radius 3 is 2.79 bits per heavy atom. The molecule has 98 valence electrons. The topological polar surface area (TPSA) is 97.1 Å². The van der Waals surface area contributed by atoms with Crippen LogP contribution in [0.25, 0.3) is 0 Å². The molecule has 0 aliphatic carbocycles. The van der Waals surface area contributed by atoms with Crippen molar-refractivity contribution in [3.63, 3.8) is 0 Å². The molecule has 0 aliphatic heterocycles. The number of aromatic nitrogens is 3. The molecule has 1 atom stereocenters. The van der Waals surface area contributed by atoms with Gasteiger partial charge in [0.25, 0.3) is 0 Å². The molecule has 2 N–H and O–H groups in total. The van der Waals surface area contributed by atoms with E-state index in [2.05, 4.69) is 15.4 Å². The normalized spacial score (nSPS) is 11.8. The monoisotopic (exact) mass is 260 g/mol. The van der Waals surface area contributed by atoms with Crippen LogP contribution in [0.5, 0.6) is 0 Å². The van der Waals surface area contributed by atoms with Crippen molar-refractivity contribution in [1.82, 2.24) is 14.8 Å². The van der Waals surface area contributed by atoms with E-state index in [1.54, 1.807) is 31.3 Å². The number of nitrogens with one attached hydrogen (secondary N) is 1. The van der Waals surface area contributed by atoms with E-state index >= 15 is 0 Å². The molecule has 0 aromatic carbocycles. The zero-order valence-corrected chi connectivity index (χ0v) is 10.1. The van der Waals surface area contributed by atoms with Crippen LogP contribution in [-0.2, 0) is 4.79 Å². The van der Waals surface area contributed by atoms with Crippen molar-refractivity contribution in [2.24, 2.45) is 0 Å². The minimum Gasteiger partial charge on any atom is -0.478 e. The van der Waals surface area contributed by atoms with Gasteiger partial charge >= 0.3 is 5.97 Å². The molecule has 1 unspecified atom stereocenters. The molecule has 0 spiro atoms. The summed E-state index contributed by atoms with van der Waals surface area (Å²) in [7, 11) is 0. The number of amides is 1. The van der Waals surface area contributed by atoms with Gasteiger partial charge in [0.05, 0.1) is 11.8 Å². The minimum absolute atomic E-state index is 0.0393. The van der Waals surface area contributed by atoms with Crippen LogP contribution >= 0.6 is 0 Å². The first-order valence-corrected chi connectivity index (χ1v) is 5.57. The molecule has 0 fully saturated rings. The average Bonchev–Trinajstić information content (AvgIpc) is 2.88. The number of carbonyl (C=O) groups excluding carboxylic acids is 1. The summed E-state index contributed by atoms with van der Waals surface area (Å²) in [4.78, 5) is 26.6. The predicted octanol–water partition coefficient (Wildman–Crippen LogP) is 1.18. The van der Waals surface area contributed by atoms with Crippen LogP contribution in [0.2, 0.25) is 0 Å². The molecule has 2 aromatic rings. The largest absolute Gasteiger partial charge is 0.478 e. The lowest BCUT2D eigenvalue weighted by Crippen LogP contribution is -2.24. The molecule has 0 radical (unpaired) electrons. The van der Waals surface area contributed by atoms with E-state index in [9.17, 15) is 9.59 Å². The number of carboxylic acids is 1. The molecule has 0 saturated heterocycles.